The van der Waals surface area contributed by atoms with Gasteiger partial charge in [-0.15, -0.1) is 0 Å². The molecule has 0 atom stereocenters. The molecule has 3 aliphatic rings. The first-order valence-corrected chi connectivity index (χ1v) is 6.70. The zero-order chi connectivity index (χ0) is 10.1. The third-order valence-corrected chi connectivity index (χ3v) is 4.97. The van der Waals surface area contributed by atoms with Gasteiger partial charge in [0.05, 0.1) is 0 Å². The minimum absolute atomic E-state index is 0.695. The van der Waals surface area contributed by atoms with E-state index in [1.54, 1.807) is 0 Å². The third-order valence-electron chi connectivity index (χ3n) is 4.97. The van der Waals surface area contributed by atoms with Crippen molar-refractivity contribution in [2.75, 3.05) is 26.3 Å². The summed E-state index contributed by atoms with van der Waals surface area (Å²) in [6.07, 6.45) is 8.53. The summed E-state index contributed by atoms with van der Waals surface area (Å²) in [5.41, 5.74) is 0.695. The lowest BCUT2D eigenvalue weighted by atomic mass is 9.63. The maximum absolute atomic E-state index is 5.58. The molecular weight excluding hydrogens is 186 g/mol. The molecule has 3 rings (SSSR count). The Balaban J connectivity index is 1.75. The Morgan fingerprint density at radius 1 is 0.867 bits per heavy atom. The number of piperidine rings is 1. The van der Waals surface area contributed by atoms with Crippen molar-refractivity contribution in [2.45, 2.75) is 38.5 Å². The van der Waals surface area contributed by atoms with E-state index < -0.39 is 0 Å². The Morgan fingerprint density at radius 3 is 2.07 bits per heavy atom. The fraction of sp³-hybridized carbons (Fsp3) is 1.00. The van der Waals surface area contributed by atoms with E-state index in [1.807, 2.05) is 0 Å². The van der Waals surface area contributed by atoms with Crippen LogP contribution in [-0.2, 0) is 4.74 Å². The first kappa shape index (κ1) is 10.1. The number of rotatable bonds is 2. The molecular formula is C13H23NO. The Labute approximate surface area is 92.8 Å². The molecule has 0 spiro atoms. The molecule has 0 aromatic heterocycles. The number of hydrogen-bond acceptors (Lipinski definition) is 2. The van der Waals surface area contributed by atoms with Crippen molar-refractivity contribution < 1.29 is 4.74 Å². The summed E-state index contributed by atoms with van der Waals surface area (Å²) in [4.78, 5) is 0. The van der Waals surface area contributed by atoms with Crippen molar-refractivity contribution in [2.24, 2.45) is 17.3 Å². The minimum Gasteiger partial charge on any atom is -0.381 e. The summed E-state index contributed by atoms with van der Waals surface area (Å²) >= 11 is 0. The molecule has 0 aromatic carbocycles. The summed E-state index contributed by atoms with van der Waals surface area (Å²) in [7, 11) is 0. The van der Waals surface area contributed by atoms with Gasteiger partial charge in [0.15, 0.2) is 0 Å². The van der Waals surface area contributed by atoms with Crippen molar-refractivity contribution in [3.63, 3.8) is 0 Å². The maximum Gasteiger partial charge on any atom is 0.0471 e. The van der Waals surface area contributed by atoms with Crippen LogP contribution in [0.2, 0.25) is 0 Å². The molecule has 1 saturated carbocycles. The second-order valence-corrected chi connectivity index (χ2v) is 5.64. The summed E-state index contributed by atoms with van der Waals surface area (Å²) in [5, 5.41) is 3.50. The lowest BCUT2D eigenvalue weighted by molar-refractivity contribution is -0.0408. The third kappa shape index (κ3) is 1.83. The SMILES string of the molecule is C1CC(C2(C3CC3)CCOCC2)CCN1. The standard InChI is InChI=1S/C13H23NO/c1-2-11(1)13(5-9-15-10-6-13)12-3-7-14-8-4-12/h11-12,14H,1-10H2. The highest BCUT2D eigenvalue weighted by molar-refractivity contribution is 5.00. The monoisotopic (exact) mass is 209 g/mol. The van der Waals surface area contributed by atoms with Gasteiger partial charge in [-0.3, -0.25) is 0 Å². The molecule has 0 amide bonds. The number of hydrogen-bond donors (Lipinski definition) is 1. The van der Waals surface area contributed by atoms with Crippen LogP contribution >= 0.6 is 0 Å². The molecule has 2 aliphatic heterocycles. The van der Waals surface area contributed by atoms with Gasteiger partial charge in [-0.25, -0.2) is 0 Å². The molecule has 15 heavy (non-hydrogen) atoms. The van der Waals surface area contributed by atoms with E-state index in [-0.39, 0.29) is 0 Å². The lowest BCUT2D eigenvalue weighted by Gasteiger charge is -2.46. The van der Waals surface area contributed by atoms with Crippen molar-refractivity contribution in [3.8, 4) is 0 Å². The lowest BCUT2D eigenvalue weighted by Crippen LogP contribution is -2.43. The van der Waals surface area contributed by atoms with Crippen LogP contribution < -0.4 is 5.32 Å². The highest BCUT2D eigenvalue weighted by atomic mass is 16.5. The van der Waals surface area contributed by atoms with Crippen LogP contribution in [0.3, 0.4) is 0 Å². The van der Waals surface area contributed by atoms with Crippen LogP contribution in [0.15, 0.2) is 0 Å². The van der Waals surface area contributed by atoms with E-state index >= 15 is 0 Å². The van der Waals surface area contributed by atoms with Gasteiger partial charge in [-0.05, 0) is 68.9 Å². The van der Waals surface area contributed by atoms with Gasteiger partial charge in [-0.2, -0.15) is 0 Å². The predicted molar refractivity (Wildman–Crippen MR) is 60.8 cm³/mol. The molecule has 1 N–H and O–H groups in total. The summed E-state index contributed by atoms with van der Waals surface area (Å²) < 4.78 is 5.58. The highest BCUT2D eigenvalue weighted by Crippen LogP contribution is 2.57. The largest absolute Gasteiger partial charge is 0.381 e. The van der Waals surface area contributed by atoms with E-state index in [1.165, 1.54) is 51.6 Å². The highest BCUT2D eigenvalue weighted by Gasteiger charge is 2.50. The van der Waals surface area contributed by atoms with Gasteiger partial charge in [0.1, 0.15) is 0 Å². The predicted octanol–water partition coefficient (Wildman–Crippen LogP) is 2.19. The first-order valence-electron chi connectivity index (χ1n) is 6.70. The average Bonchev–Trinajstić information content (AvgIpc) is 3.15. The van der Waals surface area contributed by atoms with E-state index in [9.17, 15) is 0 Å². The zero-order valence-corrected chi connectivity index (χ0v) is 9.63. The van der Waals surface area contributed by atoms with Gasteiger partial charge < -0.3 is 10.1 Å². The maximum atomic E-state index is 5.58. The van der Waals surface area contributed by atoms with Crippen LogP contribution in [0.5, 0.6) is 0 Å². The van der Waals surface area contributed by atoms with Crippen molar-refractivity contribution >= 4 is 0 Å². The molecule has 2 heteroatoms. The molecule has 2 heterocycles. The van der Waals surface area contributed by atoms with E-state index in [0.717, 1.165) is 25.0 Å². The molecule has 0 radical (unpaired) electrons. The van der Waals surface area contributed by atoms with Crippen molar-refractivity contribution in [3.05, 3.63) is 0 Å². The Morgan fingerprint density at radius 2 is 1.47 bits per heavy atom. The Hall–Kier alpha value is -0.0800. The van der Waals surface area contributed by atoms with Crippen LogP contribution in [-0.4, -0.2) is 26.3 Å². The minimum atomic E-state index is 0.695. The smallest absolute Gasteiger partial charge is 0.0471 e. The van der Waals surface area contributed by atoms with Gasteiger partial charge in [0.2, 0.25) is 0 Å². The quantitative estimate of drug-likeness (QED) is 0.753. The second-order valence-electron chi connectivity index (χ2n) is 5.64. The Kier molecular flexibility index (Phi) is 2.73. The van der Waals surface area contributed by atoms with Crippen molar-refractivity contribution in [1.29, 1.82) is 0 Å². The fourth-order valence-corrected chi connectivity index (χ4v) is 3.96. The molecule has 0 bridgehead atoms. The number of ether oxygens (including phenoxy) is 1. The van der Waals surface area contributed by atoms with Gasteiger partial charge >= 0.3 is 0 Å². The normalized spacial score (nSPS) is 32.8. The second kappa shape index (κ2) is 4.06. The topological polar surface area (TPSA) is 21.3 Å². The zero-order valence-electron chi connectivity index (χ0n) is 9.63. The van der Waals surface area contributed by atoms with Crippen LogP contribution in [0.1, 0.15) is 38.5 Å². The first-order chi connectivity index (χ1) is 7.42. The fourth-order valence-electron chi connectivity index (χ4n) is 3.96. The molecule has 2 saturated heterocycles. The van der Waals surface area contributed by atoms with Gasteiger partial charge in [0, 0.05) is 13.2 Å². The molecule has 1 aliphatic carbocycles. The number of nitrogens with one attached hydrogen (secondary N) is 1. The van der Waals surface area contributed by atoms with E-state index in [2.05, 4.69) is 5.32 Å². The van der Waals surface area contributed by atoms with E-state index in [0.29, 0.717) is 5.41 Å². The van der Waals surface area contributed by atoms with Crippen molar-refractivity contribution in [1.82, 2.24) is 5.32 Å². The molecule has 0 aromatic rings. The molecule has 86 valence electrons. The van der Waals surface area contributed by atoms with Crippen LogP contribution in [0, 0.1) is 17.3 Å². The summed E-state index contributed by atoms with van der Waals surface area (Å²) in [6, 6.07) is 0. The van der Waals surface area contributed by atoms with Crippen LogP contribution in [0.4, 0.5) is 0 Å². The summed E-state index contributed by atoms with van der Waals surface area (Å²) in [6.45, 7) is 4.56. The van der Waals surface area contributed by atoms with Gasteiger partial charge in [-0.1, -0.05) is 0 Å². The molecule has 2 nitrogen and oxygen atoms in total. The average molecular weight is 209 g/mol. The summed E-state index contributed by atoms with van der Waals surface area (Å²) in [5.74, 6) is 2.06. The van der Waals surface area contributed by atoms with Gasteiger partial charge in [0.25, 0.3) is 0 Å². The Bertz CT molecular complexity index is 213. The molecule has 3 fully saturated rings. The molecule has 0 unspecified atom stereocenters. The van der Waals surface area contributed by atoms with Crippen LogP contribution in [0.25, 0.3) is 0 Å². The van der Waals surface area contributed by atoms with E-state index in [4.69, 9.17) is 4.74 Å².